The van der Waals surface area contributed by atoms with Crippen LogP contribution in [0.25, 0.3) is 0 Å². The second-order valence-corrected chi connectivity index (χ2v) is 7.29. The number of piperazine rings is 1. The highest BCUT2D eigenvalue weighted by atomic mass is 127. The van der Waals surface area contributed by atoms with Crippen molar-refractivity contribution in [3.05, 3.63) is 11.6 Å². The Kier molecular flexibility index (Phi) is 11.6. The van der Waals surface area contributed by atoms with Crippen molar-refractivity contribution in [1.29, 1.82) is 0 Å². The van der Waals surface area contributed by atoms with Gasteiger partial charge in [0.05, 0.1) is 6.61 Å². The Morgan fingerprint density at radius 3 is 2.50 bits per heavy atom. The summed E-state index contributed by atoms with van der Waals surface area (Å²) in [7, 11) is 1.95. The van der Waals surface area contributed by atoms with E-state index >= 15 is 0 Å². The molecule has 160 valence electrons. The molecule has 0 atom stereocenters. The van der Waals surface area contributed by atoms with Gasteiger partial charge in [-0.25, -0.2) is 9.79 Å². The number of ether oxygens (including phenoxy) is 1. The summed E-state index contributed by atoms with van der Waals surface area (Å²) in [6.45, 7) is 8.22. The fraction of sp³-hybridized carbons (Fsp3) is 0.765. The topological polar surface area (TPSA) is 87.9 Å². The SMILES string of the molecule is CCOC(=O)N1CCN(C(=NCc2nnc(C)n2C)NCCCSC)CC1.I. The highest BCUT2D eigenvalue weighted by Gasteiger charge is 2.23. The van der Waals surface area contributed by atoms with E-state index in [1.54, 1.807) is 4.90 Å². The molecule has 0 radical (unpaired) electrons. The number of hydrogen-bond donors (Lipinski definition) is 1. The van der Waals surface area contributed by atoms with Crippen molar-refractivity contribution in [1.82, 2.24) is 29.9 Å². The van der Waals surface area contributed by atoms with E-state index in [1.165, 1.54) is 0 Å². The fourth-order valence-corrected chi connectivity index (χ4v) is 3.17. The lowest BCUT2D eigenvalue weighted by molar-refractivity contribution is 0.0914. The summed E-state index contributed by atoms with van der Waals surface area (Å²) >= 11 is 1.84. The number of thioether (sulfide) groups is 1. The van der Waals surface area contributed by atoms with Crippen molar-refractivity contribution in [3.63, 3.8) is 0 Å². The van der Waals surface area contributed by atoms with Gasteiger partial charge in [0, 0.05) is 39.8 Å². The molecular weight excluding hydrogens is 493 g/mol. The average molecular weight is 525 g/mol. The maximum absolute atomic E-state index is 11.9. The summed E-state index contributed by atoms with van der Waals surface area (Å²) in [6.07, 6.45) is 2.95. The van der Waals surface area contributed by atoms with Crippen LogP contribution in [0.4, 0.5) is 4.79 Å². The minimum Gasteiger partial charge on any atom is -0.450 e. The van der Waals surface area contributed by atoms with Crippen molar-refractivity contribution in [2.45, 2.75) is 26.8 Å². The van der Waals surface area contributed by atoms with Gasteiger partial charge in [0.2, 0.25) is 0 Å². The number of rotatable bonds is 7. The monoisotopic (exact) mass is 525 g/mol. The molecule has 0 aromatic carbocycles. The third-order valence-corrected chi connectivity index (χ3v) is 5.16. The van der Waals surface area contributed by atoms with Gasteiger partial charge in [-0.1, -0.05) is 0 Å². The minimum absolute atomic E-state index is 0. The lowest BCUT2D eigenvalue weighted by Gasteiger charge is -2.36. The first kappa shape index (κ1) is 24.8. The van der Waals surface area contributed by atoms with Crippen LogP contribution >= 0.6 is 35.7 Å². The van der Waals surface area contributed by atoms with E-state index in [0.29, 0.717) is 26.2 Å². The Labute approximate surface area is 188 Å². The molecule has 0 bridgehead atoms. The van der Waals surface area contributed by atoms with E-state index in [0.717, 1.165) is 49.4 Å². The quantitative estimate of drug-likeness (QED) is 0.251. The number of aromatic nitrogens is 3. The highest BCUT2D eigenvalue weighted by molar-refractivity contribution is 14.0. The van der Waals surface area contributed by atoms with Crippen LogP contribution in [0.2, 0.25) is 0 Å². The van der Waals surface area contributed by atoms with Crippen LogP contribution in [0.3, 0.4) is 0 Å². The van der Waals surface area contributed by atoms with Crippen LogP contribution in [0.15, 0.2) is 4.99 Å². The summed E-state index contributed by atoms with van der Waals surface area (Å²) in [6, 6.07) is 0. The predicted molar refractivity (Wildman–Crippen MR) is 123 cm³/mol. The number of carbonyl (C=O) groups is 1. The van der Waals surface area contributed by atoms with Crippen LogP contribution in [0.1, 0.15) is 25.0 Å². The number of aliphatic imine (C=N–C) groups is 1. The van der Waals surface area contributed by atoms with Gasteiger partial charge >= 0.3 is 6.09 Å². The predicted octanol–water partition coefficient (Wildman–Crippen LogP) is 1.71. The summed E-state index contributed by atoms with van der Waals surface area (Å²) < 4.78 is 7.04. The van der Waals surface area contributed by atoms with E-state index < -0.39 is 0 Å². The van der Waals surface area contributed by atoms with Crippen LogP contribution < -0.4 is 5.32 Å². The van der Waals surface area contributed by atoms with Crippen molar-refractivity contribution in [2.24, 2.45) is 12.0 Å². The van der Waals surface area contributed by atoms with Crippen molar-refractivity contribution >= 4 is 47.8 Å². The molecule has 28 heavy (non-hydrogen) atoms. The summed E-state index contributed by atoms with van der Waals surface area (Å²) in [5.74, 6) is 3.68. The van der Waals surface area contributed by atoms with Gasteiger partial charge in [-0.15, -0.1) is 34.2 Å². The maximum Gasteiger partial charge on any atom is 0.409 e. The number of amides is 1. The lowest BCUT2D eigenvalue weighted by Crippen LogP contribution is -2.54. The summed E-state index contributed by atoms with van der Waals surface area (Å²) in [4.78, 5) is 20.6. The molecule has 1 aromatic rings. The van der Waals surface area contributed by atoms with Crippen molar-refractivity contribution in [3.8, 4) is 0 Å². The number of hydrogen-bond acceptors (Lipinski definition) is 6. The van der Waals surface area contributed by atoms with E-state index in [-0.39, 0.29) is 30.1 Å². The third kappa shape index (κ3) is 7.30. The number of halogens is 1. The van der Waals surface area contributed by atoms with Crippen LogP contribution in [-0.4, -0.2) is 88.0 Å². The number of nitrogens with one attached hydrogen (secondary N) is 1. The normalized spacial score (nSPS) is 14.6. The number of aryl methyl sites for hydroxylation is 1. The Balaban J connectivity index is 0.00000392. The molecule has 0 aliphatic carbocycles. The number of carbonyl (C=O) groups excluding carboxylic acids is 1. The van der Waals surface area contributed by atoms with Crippen molar-refractivity contribution < 1.29 is 9.53 Å². The van der Waals surface area contributed by atoms with Gasteiger partial charge in [0.15, 0.2) is 11.8 Å². The standard InChI is InChI=1S/C17H31N7O2S.HI/c1-5-26-17(25)24-10-8-23(9-11-24)16(18-7-6-12-27-4)19-13-15-21-20-14(2)22(15)3;/h5-13H2,1-4H3,(H,18,19);1H. The zero-order chi connectivity index (χ0) is 19.6. The summed E-state index contributed by atoms with van der Waals surface area (Å²) in [5, 5.41) is 11.7. The van der Waals surface area contributed by atoms with Gasteiger partial charge in [0.1, 0.15) is 12.4 Å². The van der Waals surface area contributed by atoms with Crippen LogP contribution in [0.5, 0.6) is 0 Å². The Bertz CT molecular complexity index is 633. The third-order valence-electron chi connectivity index (χ3n) is 4.47. The first-order valence-electron chi connectivity index (χ1n) is 9.35. The van der Waals surface area contributed by atoms with E-state index in [1.807, 2.05) is 37.2 Å². The lowest BCUT2D eigenvalue weighted by atomic mass is 10.3. The molecule has 0 spiro atoms. The molecule has 1 aliphatic rings. The Morgan fingerprint density at radius 2 is 1.93 bits per heavy atom. The van der Waals surface area contributed by atoms with Crippen LogP contribution in [0, 0.1) is 6.92 Å². The van der Waals surface area contributed by atoms with Crippen LogP contribution in [-0.2, 0) is 18.3 Å². The smallest absolute Gasteiger partial charge is 0.409 e. The molecule has 0 unspecified atom stereocenters. The van der Waals surface area contributed by atoms with E-state index in [2.05, 4.69) is 26.7 Å². The maximum atomic E-state index is 11.9. The number of nitrogens with zero attached hydrogens (tertiary/aromatic N) is 6. The molecule has 1 N–H and O–H groups in total. The fourth-order valence-electron chi connectivity index (χ4n) is 2.73. The zero-order valence-electron chi connectivity index (χ0n) is 17.2. The molecular formula is C17H32IN7O2S. The molecule has 2 rings (SSSR count). The average Bonchev–Trinajstić information content (AvgIpc) is 3.00. The van der Waals surface area contributed by atoms with Gasteiger partial charge in [-0.3, -0.25) is 0 Å². The van der Waals surface area contributed by atoms with Gasteiger partial charge in [-0.2, -0.15) is 11.8 Å². The van der Waals surface area contributed by atoms with Crippen molar-refractivity contribution in [2.75, 3.05) is 51.3 Å². The van der Waals surface area contributed by atoms with Gasteiger partial charge < -0.3 is 24.4 Å². The first-order chi connectivity index (χ1) is 13.1. The van der Waals surface area contributed by atoms with Gasteiger partial charge in [0.25, 0.3) is 0 Å². The molecule has 1 aromatic heterocycles. The Morgan fingerprint density at radius 1 is 1.25 bits per heavy atom. The molecule has 1 amide bonds. The molecule has 11 heteroatoms. The molecule has 1 fully saturated rings. The molecule has 0 saturated carbocycles. The minimum atomic E-state index is -0.238. The van der Waals surface area contributed by atoms with Gasteiger partial charge in [-0.05, 0) is 32.3 Å². The summed E-state index contributed by atoms with van der Waals surface area (Å²) in [5.41, 5.74) is 0. The molecule has 9 nitrogen and oxygen atoms in total. The highest BCUT2D eigenvalue weighted by Crippen LogP contribution is 2.06. The number of guanidine groups is 1. The largest absolute Gasteiger partial charge is 0.450 e. The second-order valence-electron chi connectivity index (χ2n) is 6.31. The molecule has 1 aliphatic heterocycles. The molecule has 2 heterocycles. The van der Waals surface area contributed by atoms with E-state index in [4.69, 9.17) is 9.73 Å². The second kappa shape index (κ2) is 13.1. The Hall–Kier alpha value is -1.24. The first-order valence-corrected chi connectivity index (χ1v) is 10.7. The molecule has 1 saturated heterocycles. The zero-order valence-corrected chi connectivity index (χ0v) is 20.3. The van der Waals surface area contributed by atoms with E-state index in [9.17, 15) is 4.79 Å².